The van der Waals surface area contributed by atoms with Crippen molar-refractivity contribution in [3.05, 3.63) is 138 Å². The third kappa shape index (κ3) is 2.68. The van der Waals surface area contributed by atoms with Gasteiger partial charge < -0.3 is 5.73 Å². The molecule has 1 heteroatoms. The van der Waals surface area contributed by atoms with Crippen molar-refractivity contribution in [1.82, 2.24) is 0 Å². The van der Waals surface area contributed by atoms with Gasteiger partial charge in [-0.05, 0) is 34.4 Å². The van der Waals surface area contributed by atoms with Crippen LogP contribution in [0.5, 0.6) is 0 Å². The lowest BCUT2D eigenvalue weighted by Gasteiger charge is -2.36. The smallest absolute Gasteiger partial charge is 0.0701 e. The minimum absolute atomic E-state index is 0.391. The van der Waals surface area contributed by atoms with Gasteiger partial charge in [-0.3, -0.25) is 0 Å². The second kappa shape index (κ2) is 6.89. The van der Waals surface area contributed by atoms with Gasteiger partial charge in [-0.1, -0.05) is 103 Å². The molecule has 0 aliphatic carbocycles. The maximum Gasteiger partial charge on any atom is 0.0701 e. The van der Waals surface area contributed by atoms with Gasteiger partial charge in [0.25, 0.3) is 0 Å². The summed E-state index contributed by atoms with van der Waals surface area (Å²) in [4.78, 5) is 0. The summed E-state index contributed by atoms with van der Waals surface area (Å²) in [5, 5.41) is 0. The molecule has 0 aliphatic rings. The van der Waals surface area contributed by atoms with E-state index in [9.17, 15) is 0 Å². The summed E-state index contributed by atoms with van der Waals surface area (Å²) >= 11 is 0. The highest BCUT2D eigenvalue weighted by molar-refractivity contribution is 5.60. The number of nitrogens with two attached hydrogens (primary N) is 1. The molecule has 1 nitrogen and oxygen atoms in total. The molecule has 0 bridgehead atoms. The Kier molecular flexibility index (Phi) is 4.28. The molecule has 0 spiro atoms. The fourth-order valence-corrected chi connectivity index (χ4v) is 3.80. The Morgan fingerprint density at radius 2 is 0.692 bits per heavy atom. The van der Waals surface area contributed by atoms with Crippen LogP contribution in [0, 0.1) is 0 Å². The van der Waals surface area contributed by atoms with Crippen LogP contribution in [0.4, 0.5) is 5.69 Å². The van der Waals surface area contributed by atoms with Crippen molar-refractivity contribution < 1.29 is 0 Å². The monoisotopic (exact) mass is 335 g/mol. The van der Waals surface area contributed by atoms with Crippen molar-refractivity contribution in [2.45, 2.75) is 5.41 Å². The van der Waals surface area contributed by atoms with E-state index in [-0.39, 0.29) is 0 Å². The van der Waals surface area contributed by atoms with Gasteiger partial charge in [0, 0.05) is 5.69 Å². The molecule has 0 saturated heterocycles. The molecule has 126 valence electrons. The summed E-state index contributed by atoms with van der Waals surface area (Å²) in [6.07, 6.45) is 0. The van der Waals surface area contributed by atoms with Crippen LogP contribution in [0.15, 0.2) is 115 Å². The van der Waals surface area contributed by atoms with Gasteiger partial charge >= 0.3 is 0 Å². The first-order valence-corrected chi connectivity index (χ1v) is 8.84. The van der Waals surface area contributed by atoms with E-state index in [1.807, 2.05) is 12.1 Å². The van der Waals surface area contributed by atoms with Gasteiger partial charge in [-0.2, -0.15) is 0 Å². The molecule has 4 rings (SSSR count). The van der Waals surface area contributed by atoms with Crippen LogP contribution in [0.25, 0.3) is 0 Å². The zero-order valence-electron chi connectivity index (χ0n) is 14.5. The molecule has 0 heterocycles. The number of benzene rings is 4. The fraction of sp³-hybridized carbons (Fsp3) is 0.0400. The van der Waals surface area contributed by atoms with Crippen LogP contribution in [0.3, 0.4) is 0 Å². The predicted molar refractivity (Wildman–Crippen MR) is 109 cm³/mol. The summed E-state index contributed by atoms with van der Waals surface area (Å²) in [7, 11) is 0. The largest absolute Gasteiger partial charge is 0.399 e. The first-order valence-electron chi connectivity index (χ1n) is 8.84. The maximum atomic E-state index is 5.99. The average molecular weight is 335 g/mol. The van der Waals surface area contributed by atoms with Crippen molar-refractivity contribution in [3.8, 4) is 0 Å². The minimum atomic E-state index is -0.391. The standard InChI is InChI=1S/C25H21N/c26-24-18-16-23(17-19-24)25(20-10-4-1-5-11-20,21-12-6-2-7-13-21)22-14-8-3-9-15-22/h1-19H,26H2. The predicted octanol–water partition coefficient (Wildman–Crippen LogP) is 5.65. The highest BCUT2D eigenvalue weighted by Crippen LogP contribution is 2.44. The van der Waals surface area contributed by atoms with E-state index in [0.29, 0.717) is 0 Å². The van der Waals surface area contributed by atoms with Crippen LogP contribution in [0.2, 0.25) is 0 Å². The van der Waals surface area contributed by atoms with Gasteiger partial charge in [0.1, 0.15) is 0 Å². The van der Waals surface area contributed by atoms with E-state index in [2.05, 4.69) is 103 Å². The molecule has 0 aromatic heterocycles. The third-order valence-electron chi connectivity index (χ3n) is 4.96. The van der Waals surface area contributed by atoms with Crippen LogP contribution in [-0.2, 0) is 5.41 Å². The highest BCUT2D eigenvalue weighted by Gasteiger charge is 2.37. The molecule has 26 heavy (non-hydrogen) atoms. The van der Waals surface area contributed by atoms with Crippen molar-refractivity contribution >= 4 is 5.69 Å². The Balaban J connectivity index is 2.12. The van der Waals surface area contributed by atoms with Gasteiger partial charge in [0.2, 0.25) is 0 Å². The number of hydrogen-bond acceptors (Lipinski definition) is 1. The molecule has 0 radical (unpaired) electrons. The van der Waals surface area contributed by atoms with E-state index in [1.54, 1.807) is 0 Å². The number of rotatable bonds is 4. The summed E-state index contributed by atoms with van der Waals surface area (Å²) in [5.41, 5.74) is 11.3. The van der Waals surface area contributed by atoms with Crippen molar-refractivity contribution in [2.24, 2.45) is 0 Å². The Morgan fingerprint density at radius 1 is 0.385 bits per heavy atom. The van der Waals surface area contributed by atoms with Crippen LogP contribution in [-0.4, -0.2) is 0 Å². The van der Waals surface area contributed by atoms with Crippen molar-refractivity contribution in [3.63, 3.8) is 0 Å². The van der Waals surface area contributed by atoms with Gasteiger partial charge in [-0.15, -0.1) is 0 Å². The normalized spacial score (nSPS) is 11.2. The van der Waals surface area contributed by atoms with E-state index in [1.165, 1.54) is 22.3 Å². The quantitative estimate of drug-likeness (QED) is 0.378. The fourth-order valence-electron chi connectivity index (χ4n) is 3.80. The van der Waals surface area contributed by atoms with Gasteiger partial charge in [0.05, 0.1) is 5.41 Å². The molecule has 2 N–H and O–H groups in total. The lowest BCUT2D eigenvalue weighted by molar-refractivity contribution is 0.745. The topological polar surface area (TPSA) is 26.0 Å². The lowest BCUT2D eigenvalue weighted by atomic mass is 9.65. The molecular formula is C25H21N. The van der Waals surface area contributed by atoms with Crippen LogP contribution >= 0.6 is 0 Å². The maximum absolute atomic E-state index is 5.99. The zero-order valence-corrected chi connectivity index (χ0v) is 14.5. The van der Waals surface area contributed by atoms with Gasteiger partial charge in [-0.25, -0.2) is 0 Å². The van der Waals surface area contributed by atoms with E-state index < -0.39 is 5.41 Å². The van der Waals surface area contributed by atoms with Crippen molar-refractivity contribution in [1.29, 1.82) is 0 Å². The summed E-state index contributed by atoms with van der Waals surface area (Å²) in [6.45, 7) is 0. The second-order valence-corrected chi connectivity index (χ2v) is 6.47. The molecule has 0 aliphatic heterocycles. The highest BCUT2D eigenvalue weighted by atomic mass is 14.5. The summed E-state index contributed by atoms with van der Waals surface area (Å²) in [5.74, 6) is 0. The number of nitrogen functional groups attached to an aromatic ring is 1. The lowest BCUT2D eigenvalue weighted by Crippen LogP contribution is -2.30. The zero-order chi connectivity index (χ0) is 17.8. The molecule has 0 amide bonds. The molecule has 0 unspecified atom stereocenters. The number of hydrogen-bond donors (Lipinski definition) is 1. The molecule has 0 fully saturated rings. The molecule has 4 aromatic rings. The Labute approximate surface area is 154 Å². The van der Waals surface area contributed by atoms with Crippen LogP contribution < -0.4 is 5.73 Å². The number of anilines is 1. The SMILES string of the molecule is Nc1ccc(C(c2ccccc2)(c2ccccc2)c2ccccc2)cc1. The Morgan fingerprint density at radius 3 is 1.04 bits per heavy atom. The summed E-state index contributed by atoms with van der Waals surface area (Å²) in [6, 6.07) is 40.3. The summed E-state index contributed by atoms with van der Waals surface area (Å²) < 4.78 is 0. The van der Waals surface area contributed by atoms with E-state index in [0.717, 1.165) is 5.69 Å². The first-order chi connectivity index (χ1) is 12.8. The van der Waals surface area contributed by atoms with E-state index >= 15 is 0 Å². The molecule has 0 atom stereocenters. The first kappa shape index (κ1) is 16.2. The van der Waals surface area contributed by atoms with Gasteiger partial charge in [0.15, 0.2) is 0 Å². The molecule has 0 saturated carbocycles. The van der Waals surface area contributed by atoms with Crippen molar-refractivity contribution in [2.75, 3.05) is 5.73 Å². The average Bonchev–Trinajstić information content (AvgIpc) is 2.72. The Hall–Kier alpha value is -3.32. The molecular weight excluding hydrogens is 314 g/mol. The van der Waals surface area contributed by atoms with Crippen LogP contribution in [0.1, 0.15) is 22.3 Å². The molecule has 4 aromatic carbocycles. The van der Waals surface area contributed by atoms with E-state index in [4.69, 9.17) is 5.73 Å². The second-order valence-electron chi connectivity index (χ2n) is 6.47. The minimum Gasteiger partial charge on any atom is -0.399 e. The Bertz CT molecular complexity index is 862. The third-order valence-corrected chi connectivity index (χ3v) is 4.96.